The molecular weight excluding hydrogens is 378 g/mol. The first kappa shape index (κ1) is 14.8. The van der Waals surface area contributed by atoms with Gasteiger partial charge in [0.2, 0.25) is 0 Å². The number of aromatic nitrogens is 2. The van der Waals surface area contributed by atoms with Crippen molar-refractivity contribution in [2.24, 2.45) is 0 Å². The molecule has 0 fully saturated rings. The fraction of sp³-hybridized carbons (Fsp3) is 0.353. The molecule has 3 rings (SSSR count). The predicted molar refractivity (Wildman–Crippen MR) is 93.4 cm³/mol. The Labute approximate surface area is 137 Å². The Bertz CT molecular complexity index is 808. The van der Waals surface area contributed by atoms with Crippen LogP contribution in [0.3, 0.4) is 0 Å². The van der Waals surface area contributed by atoms with Crippen molar-refractivity contribution in [2.75, 3.05) is 0 Å². The summed E-state index contributed by atoms with van der Waals surface area (Å²) in [4.78, 5) is 0. The van der Waals surface area contributed by atoms with Gasteiger partial charge in [-0.2, -0.15) is 5.10 Å². The van der Waals surface area contributed by atoms with E-state index < -0.39 is 0 Å². The number of rotatable bonds is 4. The van der Waals surface area contributed by atoms with Crippen molar-refractivity contribution in [3.63, 3.8) is 0 Å². The molecule has 0 amide bonds. The van der Waals surface area contributed by atoms with E-state index in [-0.39, 0.29) is 5.82 Å². The maximum atomic E-state index is 13.7. The van der Waals surface area contributed by atoms with Gasteiger partial charge in [0.15, 0.2) is 0 Å². The van der Waals surface area contributed by atoms with Gasteiger partial charge in [-0.15, -0.1) is 0 Å². The Morgan fingerprint density at radius 1 is 1.24 bits per heavy atom. The average molecular weight is 396 g/mol. The van der Waals surface area contributed by atoms with Gasteiger partial charge >= 0.3 is 0 Å². The third kappa shape index (κ3) is 2.43. The van der Waals surface area contributed by atoms with Crippen molar-refractivity contribution >= 4 is 38.9 Å². The number of hydrogen-bond acceptors (Lipinski definition) is 1. The SMILES string of the molecule is CCCCc1c(I)c2cc(F)ccc2c2c(CC)cnn12. The highest BCUT2D eigenvalue weighted by molar-refractivity contribution is 14.1. The zero-order chi connectivity index (χ0) is 15.0. The lowest BCUT2D eigenvalue weighted by molar-refractivity contribution is 0.629. The molecule has 0 unspecified atom stereocenters. The van der Waals surface area contributed by atoms with E-state index in [2.05, 4.69) is 46.1 Å². The summed E-state index contributed by atoms with van der Waals surface area (Å²) in [6.45, 7) is 4.32. The molecule has 0 bridgehead atoms. The summed E-state index contributed by atoms with van der Waals surface area (Å²) in [6.07, 6.45) is 6.11. The summed E-state index contributed by atoms with van der Waals surface area (Å²) in [5.41, 5.74) is 3.56. The molecule has 21 heavy (non-hydrogen) atoms. The van der Waals surface area contributed by atoms with E-state index >= 15 is 0 Å². The molecule has 2 nitrogen and oxygen atoms in total. The number of hydrogen-bond donors (Lipinski definition) is 0. The van der Waals surface area contributed by atoms with Gasteiger partial charge in [-0.1, -0.05) is 20.3 Å². The largest absolute Gasteiger partial charge is 0.236 e. The van der Waals surface area contributed by atoms with Crippen molar-refractivity contribution in [1.29, 1.82) is 0 Å². The number of pyridine rings is 1. The lowest BCUT2D eigenvalue weighted by atomic mass is 10.0. The van der Waals surface area contributed by atoms with Crippen LogP contribution in [0.25, 0.3) is 16.3 Å². The zero-order valence-electron chi connectivity index (χ0n) is 12.3. The number of halogens is 2. The van der Waals surface area contributed by atoms with Crippen LogP contribution < -0.4 is 0 Å². The summed E-state index contributed by atoms with van der Waals surface area (Å²) in [6, 6.07) is 5.07. The molecule has 1 aromatic carbocycles. The fourth-order valence-corrected chi connectivity index (χ4v) is 3.79. The summed E-state index contributed by atoms with van der Waals surface area (Å²) in [5.74, 6) is -0.177. The molecule has 0 saturated carbocycles. The Morgan fingerprint density at radius 3 is 2.76 bits per heavy atom. The number of nitrogens with zero attached hydrogens (tertiary/aromatic N) is 2. The molecule has 110 valence electrons. The average Bonchev–Trinajstić information content (AvgIpc) is 2.91. The van der Waals surface area contributed by atoms with Crippen LogP contribution in [0, 0.1) is 9.39 Å². The van der Waals surface area contributed by atoms with E-state index in [0.29, 0.717) is 0 Å². The first-order valence-electron chi connectivity index (χ1n) is 7.43. The van der Waals surface area contributed by atoms with Crippen molar-refractivity contribution in [2.45, 2.75) is 39.5 Å². The highest BCUT2D eigenvalue weighted by atomic mass is 127. The Morgan fingerprint density at radius 2 is 2.05 bits per heavy atom. The van der Waals surface area contributed by atoms with Crippen LogP contribution in [0.2, 0.25) is 0 Å². The van der Waals surface area contributed by atoms with E-state index in [1.165, 1.54) is 17.3 Å². The monoisotopic (exact) mass is 396 g/mol. The van der Waals surface area contributed by atoms with E-state index in [0.717, 1.165) is 45.5 Å². The second-order valence-electron chi connectivity index (χ2n) is 5.34. The molecule has 0 N–H and O–H groups in total. The third-order valence-corrected chi connectivity index (χ3v) is 5.18. The topological polar surface area (TPSA) is 17.3 Å². The van der Waals surface area contributed by atoms with Gasteiger partial charge < -0.3 is 0 Å². The minimum Gasteiger partial charge on any atom is -0.236 e. The maximum Gasteiger partial charge on any atom is 0.123 e. The zero-order valence-corrected chi connectivity index (χ0v) is 14.4. The lowest BCUT2D eigenvalue weighted by Gasteiger charge is -2.13. The lowest BCUT2D eigenvalue weighted by Crippen LogP contribution is -2.04. The summed E-state index contributed by atoms with van der Waals surface area (Å²) in [5, 5.41) is 6.69. The van der Waals surface area contributed by atoms with Gasteiger partial charge in [0, 0.05) is 14.3 Å². The number of benzene rings is 1. The highest BCUT2D eigenvalue weighted by Crippen LogP contribution is 2.31. The van der Waals surface area contributed by atoms with Crippen LogP contribution in [0.1, 0.15) is 37.9 Å². The Hall–Kier alpha value is -1.17. The van der Waals surface area contributed by atoms with E-state index in [9.17, 15) is 4.39 Å². The molecule has 3 aromatic rings. The van der Waals surface area contributed by atoms with E-state index in [1.54, 1.807) is 6.07 Å². The number of unbranched alkanes of at least 4 members (excludes halogenated alkanes) is 1. The minimum atomic E-state index is -0.177. The molecule has 0 aliphatic rings. The second-order valence-corrected chi connectivity index (χ2v) is 6.42. The van der Waals surface area contributed by atoms with Gasteiger partial charge in [-0.25, -0.2) is 8.91 Å². The van der Waals surface area contributed by atoms with Crippen LogP contribution in [0.5, 0.6) is 0 Å². The van der Waals surface area contributed by atoms with Gasteiger partial charge in [0.1, 0.15) is 5.82 Å². The quantitative estimate of drug-likeness (QED) is 0.559. The Kier molecular flexibility index (Phi) is 4.15. The molecule has 0 aliphatic carbocycles. The molecule has 0 saturated heterocycles. The van der Waals surface area contributed by atoms with Crippen molar-refractivity contribution in [3.8, 4) is 0 Å². The summed E-state index contributed by atoms with van der Waals surface area (Å²) in [7, 11) is 0. The minimum absolute atomic E-state index is 0.177. The molecular formula is C17H18FIN2. The molecule has 0 radical (unpaired) electrons. The van der Waals surface area contributed by atoms with E-state index in [1.807, 2.05) is 12.3 Å². The normalized spacial score (nSPS) is 11.6. The first-order valence-corrected chi connectivity index (χ1v) is 8.51. The number of aryl methyl sites for hydroxylation is 2. The van der Waals surface area contributed by atoms with Gasteiger partial charge in [0.05, 0.1) is 17.4 Å². The predicted octanol–water partition coefficient (Wildman–Crippen LogP) is 5.14. The molecule has 0 aliphatic heterocycles. The fourth-order valence-electron chi connectivity index (χ4n) is 2.85. The van der Waals surface area contributed by atoms with Gasteiger partial charge in [-0.05, 0) is 65.6 Å². The summed E-state index contributed by atoms with van der Waals surface area (Å²) < 4.78 is 16.9. The highest BCUT2D eigenvalue weighted by Gasteiger charge is 2.16. The maximum absolute atomic E-state index is 13.7. The van der Waals surface area contributed by atoms with Crippen LogP contribution in [0.15, 0.2) is 24.4 Å². The van der Waals surface area contributed by atoms with Crippen LogP contribution in [0.4, 0.5) is 4.39 Å². The molecule has 4 heteroatoms. The second kappa shape index (κ2) is 5.91. The van der Waals surface area contributed by atoms with Crippen molar-refractivity contribution < 1.29 is 4.39 Å². The van der Waals surface area contributed by atoms with Crippen molar-refractivity contribution in [3.05, 3.63) is 45.0 Å². The van der Waals surface area contributed by atoms with Gasteiger partial charge in [-0.3, -0.25) is 0 Å². The molecule has 0 atom stereocenters. The van der Waals surface area contributed by atoms with Crippen LogP contribution in [-0.4, -0.2) is 9.61 Å². The van der Waals surface area contributed by atoms with Gasteiger partial charge in [0.25, 0.3) is 0 Å². The smallest absolute Gasteiger partial charge is 0.123 e. The molecule has 2 aromatic heterocycles. The molecule has 0 spiro atoms. The standard InChI is InChI=1S/C17H18FIN2/c1-3-5-6-15-16(19)14-9-12(18)7-8-13(14)17-11(4-2)10-20-21(15)17/h7-10H,3-6H2,1-2H3. The summed E-state index contributed by atoms with van der Waals surface area (Å²) >= 11 is 2.34. The third-order valence-electron chi connectivity index (χ3n) is 3.98. The van der Waals surface area contributed by atoms with Crippen molar-refractivity contribution in [1.82, 2.24) is 9.61 Å². The first-order chi connectivity index (χ1) is 10.2. The molecule has 2 heterocycles. The van der Waals surface area contributed by atoms with Crippen LogP contribution >= 0.6 is 22.6 Å². The van der Waals surface area contributed by atoms with Crippen LogP contribution in [-0.2, 0) is 12.8 Å². The number of fused-ring (bicyclic) bond motifs is 3. The van der Waals surface area contributed by atoms with E-state index in [4.69, 9.17) is 0 Å². The Balaban J connectivity index is 2.42.